The molecule has 334 valence electrons. The molecule has 2 saturated carbocycles. The zero-order chi connectivity index (χ0) is 45.8. The third kappa shape index (κ3) is 7.42. The number of esters is 4. The van der Waals surface area contributed by atoms with E-state index in [2.05, 4.69) is 5.32 Å². The third-order valence-corrected chi connectivity index (χ3v) is 13.5. The largest absolute Gasteiger partial charge is 0.456 e. The molecule has 16 nitrogen and oxygen atoms in total. The fraction of sp³-hybridized carbons (Fsp3) is 0.447. The van der Waals surface area contributed by atoms with E-state index in [9.17, 15) is 44.4 Å². The number of amides is 1. The molecule has 1 heterocycles. The Morgan fingerprint density at radius 1 is 0.810 bits per heavy atom. The first-order valence-corrected chi connectivity index (χ1v) is 20.6. The van der Waals surface area contributed by atoms with E-state index >= 15 is 4.79 Å². The van der Waals surface area contributed by atoms with Gasteiger partial charge in [0.1, 0.15) is 30.0 Å². The maximum Gasteiger partial charge on any atom is 0.338 e. The predicted molar refractivity (Wildman–Crippen MR) is 219 cm³/mol. The molecule has 3 fully saturated rings. The SMILES string of the molecule is CC(=O)OC1C(=O)[C@]2(C)C(O)C(O)C3OC[C@@]3(OC(C)=O)C2C(OC(=O)c2ccccc2)[C@]2(O)CC(OC(=O)C(O)C(NC(=O)c3ccccc3)c3ccccc3)C(C)=C1C2(C)C. The average Bonchev–Trinajstić information content (AvgIpc) is 3.24. The van der Waals surface area contributed by atoms with Gasteiger partial charge < -0.3 is 49.4 Å². The predicted octanol–water partition coefficient (Wildman–Crippen LogP) is 2.71. The van der Waals surface area contributed by atoms with Gasteiger partial charge in [-0.05, 0) is 54.8 Å². The number of rotatable bonds is 10. The van der Waals surface area contributed by atoms with Gasteiger partial charge in [0.2, 0.25) is 0 Å². The molecular formula is C47H51NO15. The van der Waals surface area contributed by atoms with Crippen LogP contribution in [0.4, 0.5) is 0 Å². The summed E-state index contributed by atoms with van der Waals surface area (Å²) in [5.74, 6) is -7.48. The van der Waals surface area contributed by atoms with Crippen molar-refractivity contribution in [3.8, 4) is 0 Å². The Balaban J connectivity index is 1.40. The van der Waals surface area contributed by atoms with E-state index in [1.54, 1.807) is 78.9 Å². The maximum atomic E-state index is 15.5. The first-order valence-electron chi connectivity index (χ1n) is 20.6. The molecule has 3 aromatic carbocycles. The summed E-state index contributed by atoms with van der Waals surface area (Å²) in [4.78, 5) is 83.6. The van der Waals surface area contributed by atoms with Crippen LogP contribution in [0.15, 0.2) is 102 Å². The van der Waals surface area contributed by atoms with Crippen LogP contribution >= 0.6 is 0 Å². The zero-order valence-electron chi connectivity index (χ0n) is 35.6. The smallest absolute Gasteiger partial charge is 0.338 e. The number of nitrogens with one attached hydrogen (secondary N) is 1. The fourth-order valence-electron chi connectivity index (χ4n) is 10.3. The van der Waals surface area contributed by atoms with Crippen molar-refractivity contribution in [1.82, 2.24) is 5.32 Å². The molecule has 4 aliphatic rings. The van der Waals surface area contributed by atoms with Gasteiger partial charge in [0.25, 0.3) is 5.91 Å². The summed E-state index contributed by atoms with van der Waals surface area (Å²) in [6.45, 7) is 7.39. The van der Waals surface area contributed by atoms with Gasteiger partial charge >= 0.3 is 23.9 Å². The topological polar surface area (TPSA) is 242 Å². The van der Waals surface area contributed by atoms with Gasteiger partial charge in [0, 0.05) is 31.2 Å². The van der Waals surface area contributed by atoms with Gasteiger partial charge in [-0.3, -0.25) is 19.2 Å². The molecule has 9 unspecified atom stereocenters. The van der Waals surface area contributed by atoms with E-state index in [-0.39, 0.29) is 22.3 Å². The Bertz CT molecular complexity index is 2320. The fourth-order valence-corrected chi connectivity index (χ4v) is 10.3. The highest BCUT2D eigenvalue weighted by atomic mass is 16.6. The van der Waals surface area contributed by atoms with Gasteiger partial charge in [0.05, 0.1) is 35.6 Å². The van der Waals surface area contributed by atoms with E-state index in [4.69, 9.17) is 23.7 Å². The maximum absolute atomic E-state index is 15.5. The Labute approximate surface area is 363 Å². The van der Waals surface area contributed by atoms with Crippen LogP contribution in [0.2, 0.25) is 0 Å². The minimum Gasteiger partial charge on any atom is -0.456 e. The lowest BCUT2D eigenvalue weighted by atomic mass is 9.44. The summed E-state index contributed by atoms with van der Waals surface area (Å²) in [5.41, 5.74) is -7.98. The van der Waals surface area contributed by atoms with Crippen LogP contribution in [0, 0.1) is 16.7 Å². The molecule has 3 aliphatic carbocycles. The minimum absolute atomic E-state index is 0.0180. The number of aliphatic hydroxyl groups is 4. The van der Waals surface area contributed by atoms with Gasteiger partial charge in [-0.15, -0.1) is 0 Å². The molecule has 1 amide bonds. The van der Waals surface area contributed by atoms with Crippen LogP contribution in [0.1, 0.15) is 80.3 Å². The van der Waals surface area contributed by atoms with Crippen LogP contribution in [0.5, 0.6) is 0 Å². The summed E-state index contributed by atoms with van der Waals surface area (Å²) >= 11 is 0. The van der Waals surface area contributed by atoms with Crippen LogP contribution in [0.25, 0.3) is 0 Å². The molecule has 1 saturated heterocycles. The number of benzene rings is 3. The summed E-state index contributed by atoms with van der Waals surface area (Å²) in [6, 6.07) is 22.6. The number of aliphatic hydroxyl groups excluding tert-OH is 3. The number of fused-ring (bicyclic) bond motifs is 5. The lowest BCUT2D eigenvalue weighted by Gasteiger charge is -2.68. The third-order valence-electron chi connectivity index (χ3n) is 13.5. The van der Waals surface area contributed by atoms with Crippen molar-refractivity contribution in [3.05, 3.63) is 119 Å². The Morgan fingerprint density at radius 2 is 1.38 bits per heavy atom. The molecule has 0 spiro atoms. The second kappa shape index (κ2) is 16.7. The molecular weight excluding hydrogens is 819 g/mol. The van der Waals surface area contributed by atoms with Crippen LogP contribution in [-0.4, -0.2) is 117 Å². The van der Waals surface area contributed by atoms with Crippen LogP contribution in [0.3, 0.4) is 0 Å². The number of ketones is 1. The normalized spacial score (nSPS) is 32.7. The second-order valence-electron chi connectivity index (χ2n) is 17.5. The van der Waals surface area contributed by atoms with E-state index < -0.39 is 125 Å². The summed E-state index contributed by atoms with van der Waals surface area (Å²) < 4.78 is 29.9. The van der Waals surface area contributed by atoms with Gasteiger partial charge in [-0.1, -0.05) is 80.6 Å². The second-order valence-corrected chi connectivity index (χ2v) is 17.5. The highest BCUT2D eigenvalue weighted by Crippen LogP contribution is 2.64. The molecule has 63 heavy (non-hydrogen) atoms. The summed E-state index contributed by atoms with van der Waals surface area (Å²) in [6.07, 6.45) is -13.5. The van der Waals surface area contributed by atoms with E-state index in [0.717, 1.165) is 13.8 Å². The molecule has 1 aliphatic heterocycles. The lowest BCUT2D eigenvalue weighted by Crippen LogP contribution is -2.85. The number of carbonyl (C=O) groups excluding carboxylic acids is 6. The van der Waals surface area contributed by atoms with Gasteiger partial charge in [-0.25, -0.2) is 9.59 Å². The standard InChI is InChI=1S/C47H51NO15/c1-24-30(61-43(57)33(51)32(27-16-10-7-11-17-27)48-41(55)28-18-12-8-13-19-28)22-47(58)40(62-42(56)29-20-14-9-15-21-29)36-45(6,38(54)35(60-25(2)49)31(24)44(47,4)5)37(53)34(52)39-46(36,23-59-39)63-26(3)50/h7-21,30,32-37,39-40,51-53,58H,22-23H2,1-6H3,(H,48,55)/t30?,32?,33?,34?,35?,36?,37?,39?,40?,45-,46+,47+/m0/s1. The number of Topliss-reactive ketones (excluding diaryl/α,β-unsaturated/α-hetero) is 1. The molecule has 2 bridgehead atoms. The summed E-state index contributed by atoms with van der Waals surface area (Å²) in [7, 11) is 0. The molecule has 16 heteroatoms. The zero-order valence-corrected chi connectivity index (χ0v) is 35.6. The Kier molecular flexibility index (Phi) is 12.0. The lowest BCUT2D eigenvalue weighted by molar-refractivity contribution is -0.369. The number of carbonyl (C=O) groups is 6. The first kappa shape index (κ1) is 45.3. The summed E-state index contributed by atoms with van der Waals surface area (Å²) in [5, 5.41) is 51.8. The van der Waals surface area contributed by atoms with Crippen molar-refractivity contribution in [3.63, 3.8) is 0 Å². The highest BCUT2D eigenvalue weighted by Gasteiger charge is 2.80. The molecule has 0 aromatic heterocycles. The average molecular weight is 870 g/mol. The van der Waals surface area contributed by atoms with Gasteiger partial charge in [-0.2, -0.15) is 0 Å². The minimum atomic E-state index is -2.48. The Hall–Kier alpha value is -5.78. The van der Waals surface area contributed by atoms with Crippen molar-refractivity contribution in [1.29, 1.82) is 0 Å². The Morgan fingerprint density at radius 3 is 1.92 bits per heavy atom. The van der Waals surface area contributed by atoms with Crippen LogP contribution in [-0.2, 0) is 42.9 Å². The monoisotopic (exact) mass is 869 g/mol. The highest BCUT2D eigenvalue weighted by molar-refractivity contribution is 5.96. The number of ether oxygens (including phenoxy) is 5. The van der Waals surface area contributed by atoms with Crippen molar-refractivity contribution < 1.29 is 72.9 Å². The van der Waals surface area contributed by atoms with E-state index in [1.165, 1.54) is 39.8 Å². The quantitative estimate of drug-likeness (QED) is 0.112. The van der Waals surface area contributed by atoms with Crippen molar-refractivity contribution in [2.75, 3.05) is 6.61 Å². The van der Waals surface area contributed by atoms with E-state index in [1.807, 2.05) is 0 Å². The molecule has 12 atom stereocenters. The molecule has 7 rings (SSSR count). The number of hydrogen-bond acceptors (Lipinski definition) is 15. The molecule has 3 aromatic rings. The first-order chi connectivity index (χ1) is 29.7. The van der Waals surface area contributed by atoms with Crippen molar-refractivity contribution in [2.45, 2.75) is 108 Å². The van der Waals surface area contributed by atoms with Crippen molar-refractivity contribution in [2.24, 2.45) is 16.7 Å². The number of hydrogen-bond donors (Lipinski definition) is 5. The van der Waals surface area contributed by atoms with Gasteiger partial charge in [0.15, 0.2) is 23.6 Å². The van der Waals surface area contributed by atoms with Crippen LogP contribution < -0.4 is 5.32 Å². The molecule has 5 N–H and O–H groups in total. The molecule has 0 radical (unpaired) electrons. The van der Waals surface area contributed by atoms with Crippen molar-refractivity contribution >= 4 is 35.6 Å². The van der Waals surface area contributed by atoms with E-state index in [0.29, 0.717) is 5.56 Å².